The lowest BCUT2D eigenvalue weighted by atomic mass is 9.85. The molecule has 45 heavy (non-hydrogen) atoms. The quantitative estimate of drug-likeness (QED) is 0.149. The highest BCUT2D eigenvalue weighted by Gasteiger charge is 2.31. The Balaban J connectivity index is 1.44. The van der Waals surface area contributed by atoms with Crippen LogP contribution in [0.25, 0.3) is 0 Å². The third-order valence-electron chi connectivity index (χ3n) is 7.55. The summed E-state index contributed by atoms with van der Waals surface area (Å²) in [4.78, 5) is 32.7. The number of aliphatic hydroxyl groups is 1. The van der Waals surface area contributed by atoms with E-state index in [2.05, 4.69) is 9.72 Å². The van der Waals surface area contributed by atoms with Crippen molar-refractivity contribution >= 4 is 11.7 Å². The number of carbonyl (C=O) groups is 2. The van der Waals surface area contributed by atoms with Crippen LogP contribution in [0.5, 0.6) is 5.75 Å². The van der Waals surface area contributed by atoms with Crippen LogP contribution in [-0.4, -0.2) is 46.2 Å². The van der Waals surface area contributed by atoms with Crippen LogP contribution < -0.4 is 4.74 Å². The zero-order valence-corrected chi connectivity index (χ0v) is 25.3. The summed E-state index contributed by atoms with van der Waals surface area (Å²) in [5.74, 6) is -1.11. The molecule has 1 amide bonds. The molecule has 0 saturated heterocycles. The molecule has 0 fully saturated rings. The lowest BCUT2D eigenvalue weighted by Crippen LogP contribution is -2.27. The van der Waals surface area contributed by atoms with Crippen LogP contribution >= 0.6 is 0 Å². The first-order valence-electron chi connectivity index (χ1n) is 14.8. The van der Waals surface area contributed by atoms with Crippen LogP contribution in [0, 0.1) is 12.8 Å². The zero-order valence-electron chi connectivity index (χ0n) is 25.3. The van der Waals surface area contributed by atoms with Gasteiger partial charge in [0.05, 0.1) is 18.3 Å². The van der Waals surface area contributed by atoms with Gasteiger partial charge in [0.2, 0.25) is 0 Å². The van der Waals surface area contributed by atoms with Crippen LogP contribution in [0.2, 0.25) is 0 Å². The average molecular weight is 619 g/mol. The van der Waals surface area contributed by atoms with E-state index in [0.717, 1.165) is 16.8 Å². The normalized spacial score (nSPS) is 12.8. The van der Waals surface area contributed by atoms with Gasteiger partial charge in [-0.1, -0.05) is 48.5 Å². The van der Waals surface area contributed by atoms with Crippen molar-refractivity contribution in [3.05, 3.63) is 131 Å². The van der Waals surface area contributed by atoms with Gasteiger partial charge >= 0.3 is 6.36 Å². The van der Waals surface area contributed by atoms with E-state index in [9.17, 15) is 27.9 Å². The Hall–Kier alpha value is -4.50. The fourth-order valence-electron chi connectivity index (χ4n) is 5.36. The van der Waals surface area contributed by atoms with Gasteiger partial charge in [-0.25, -0.2) is 0 Å². The summed E-state index contributed by atoms with van der Waals surface area (Å²) in [6, 6.07) is 26.0. The monoisotopic (exact) mass is 618 g/mol. The molecule has 3 aromatic carbocycles. The Morgan fingerprint density at radius 3 is 2.33 bits per heavy atom. The van der Waals surface area contributed by atoms with Crippen molar-refractivity contribution in [3.8, 4) is 5.75 Å². The number of Topliss-reactive ketones (excluding diaryl/α,β-unsaturated/α-hetero) is 1. The summed E-state index contributed by atoms with van der Waals surface area (Å²) >= 11 is 0. The molecule has 1 N–H and O–H groups in total. The summed E-state index contributed by atoms with van der Waals surface area (Å²) in [6.07, 6.45) is -2.12. The predicted octanol–water partition coefficient (Wildman–Crippen LogP) is 7.38. The number of ketones is 1. The highest BCUT2D eigenvalue weighted by molar-refractivity contribution is 6.01. The topological polar surface area (TPSA) is 79.7 Å². The maximum Gasteiger partial charge on any atom is 0.573 e. The number of hydrogen-bond acceptors (Lipinski definition) is 5. The molecule has 236 valence electrons. The molecule has 2 atom stereocenters. The molecule has 0 aliphatic rings. The van der Waals surface area contributed by atoms with E-state index in [1.54, 1.807) is 42.4 Å². The van der Waals surface area contributed by atoms with Crippen molar-refractivity contribution in [2.45, 2.75) is 58.0 Å². The Morgan fingerprint density at radius 1 is 0.911 bits per heavy atom. The van der Waals surface area contributed by atoms with Crippen LogP contribution in [0.15, 0.2) is 97.2 Å². The number of aryl methyl sites for hydroxylation is 2. The zero-order chi connectivity index (χ0) is 32.4. The smallest absolute Gasteiger partial charge is 0.406 e. The van der Waals surface area contributed by atoms with Gasteiger partial charge in [-0.05, 0) is 97.7 Å². The summed E-state index contributed by atoms with van der Waals surface area (Å²) in [6.45, 7) is 2.15. The average Bonchev–Trinajstić information content (AvgIpc) is 3.00. The van der Waals surface area contributed by atoms with Gasteiger partial charge in [0.25, 0.3) is 5.91 Å². The molecular weight excluding hydrogens is 581 g/mol. The minimum absolute atomic E-state index is 0.0613. The van der Waals surface area contributed by atoms with Crippen molar-refractivity contribution in [3.63, 3.8) is 0 Å². The molecule has 1 heterocycles. The van der Waals surface area contributed by atoms with Crippen molar-refractivity contribution in [2.24, 2.45) is 5.92 Å². The number of alkyl halides is 3. The number of carbonyl (C=O) groups excluding carboxylic acids is 2. The Kier molecular flexibility index (Phi) is 11.5. The van der Waals surface area contributed by atoms with Gasteiger partial charge < -0.3 is 14.7 Å². The van der Waals surface area contributed by atoms with Crippen LogP contribution in [0.1, 0.15) is 62.4 Å². The van der Waals surface area contributed by atoms with Gasteiger partial charge in [-0.3, -0.25) is 14.6 Å². The summed E-state index contributed by atoms with van der Waals surface area (Å²) in [7, 11) is 1.69. The van der Waals surface area contributed by atoms with Crippen LogP contribution in [0.3, 0.4) is 0 Å². The SMILES string of the molecule is Cc1cc(C(=O)C[C@@H](Cc2ccccc2)[C@H](O)CCCc2cccc(OC(F)(F)F)c2)cc(C(=O)N(C)Cc2ccccn2)c1. The second-order valence-electron chi connectivity index (χ2n) is 11.3. The van der Waals surface area contributed by atoms with Crippen molar-refractivity contribution in [1.29, 1.82) is 0 Å². The maximum absolute atomic E-state index is 13.6. The summed E-state index contributed by atoms with van der Waals surface area (Å²) < 4.78 is 41.9. The van der Waals surface area contributed by atoms with E-state index < -0.39 is 18.4 Å². The van der Waals surface area contributed by atoms with E-state index in [4.69, 9.17) is 0 Å². The van der Waals surface area contributed by atoms with Crippen molar-refractivity contribution < 1.29 is 32.6 Å². The molecule has 1 aromatic heterocycles. The van der Waals surface area contributed by atoms with Gasteiger partial charge in [-0.2, -0.15) is 0 Å². The van der Waals surface area contributed by atoms with E-state index >= 15 is 0 Å². The van der Waals surface area contributed by atoms with E-state index in [0.29, 0.717) is 48.9 Å². The third-order valence-corrected chi connectivity index (χ3v) is 7.55. The number of ether oxygens (including phenoxy) is 1. The van der Waals surface area contributed by atoms with Gasteiger partial charge in [0.1, 0.15) is 5.75 Å². The fraction of sp³-hybridized carbons (Fsp3) is 0.306. The maximum atomic E-state index is 13.6. The van der Waals surface area contributed by atoms with Crippen molar-refractivity contribution in [1.82, 2.24) is 9.88 Å². The largest absolute Gasteiger partial charge is 0.573 e. The minimum atomic E-state index is -4.77. The van der Waals surface area contributed by atoms with Gasteiger partial charge in [0.15, 0.2) is 5.78 Å². The molecule has 4 aromatic rings. The Labute approximate surface area is 261 Å². The first-order chi connectivity index (χ1) is 21.5. The molecule has 9 heteroatoms. The number of amides is 1. The predicted molar refractivity (Wildman–Crippen MR) is 166 cm³/mol. The highest BCUT2D eigenvalue weighted by Crippen LogP contribution is 2.26. The standard InChI is InChI=1S/C36H37F3N2O4/c1-25-18-28(22-30(19-25)35(44)41(2)24-31-14-6-7-17-40-31)34(43)23-29(20-26-10-4-3-5-11-26)33(42)16-9-13-27-12-8-15-32(21-27)45-36(37,38)39/h3-8,10-12,14-15,17-19,21-22,29,33,42H,9,13,16,20,23-24H2,1-2H3/t29-,33-/m1/s1. The number of aliphatic hydroxyl groups excluding tert-OH is 1. The molecule has 0 saturated carbocycles. The molecule has 0 unspecified atom stereocenters. The summed E-state index contributed by atoms with van der Waals surface area (Å²) in [5, 5.41) is 11.3. The van der Waals surface area contributed by atoms with Gasteiger partial charge in [0, 0.05) is 30.8 Å². The Morgan fingerprint density at radius 2 is 1.62 bits per heavy atom. The lowest BCUT2D eigenvalue weighted by Gasteiger charge is -2.23. The number of pyridine rings is 1. The molecular formula is C36H37F3N2O4. The number of halogens is 3. The molecule has 0 spiro atoms. The molecule has 4 rings (SSSR count). The highest BCUT2D eigenvalue weighted by atomic mass is 19.4. The molecule has 0 aliphatic carbocycles. The first kappa shape index (κ1) is 33.4. The second-order valence-corrected chi connectivity index (χ2v) is 11.3. The fourth-order valence-corrected chi connectivity index (χ4v) is 5.36. The molecule has 0 aliphatic heterocycles. The Bertz CT molecular complexity index is 1560. The molecule has 6 nitrogen and oxygen atoms in total. The van der Waals surface area contributed by atoms with Crippen molar-refractivity contribution in [2.75, 3.05) is 7.05 Å². The van der Waals surface area contributed by atoms with E-state index in [1.165, 1.54) is 18.2 Å². The summed E-state index contributed by atoms with van der Waals surface area (Å²) in [5.41, 5.74) is 3.95. The third kappa shape index (κ3) is 10.6. The lowest BCUT2D eigenvalue weighted by molar-refractivity contribution is -0.274. The first-order valence-corrected chi connectivity index (χ1v) is 14.8. The number of benzene rings is 3. The van der Waals surface area contributed by atoms with E-state index in [1.807, 2.05) is 55.5 Å². The number of hydrogen-bond donors (Lipinski definition) is 1. The van der Waals surface area contributed by atoms with Gasteiger partial charge in [-0.15, -0.1) is 13.2 Å². The van der Waals surface area contributed by atoms with Crippen LogP contribution in [-0.2, 0) is 19.4 Å². The van der Waals surface area contributed by atoms with E-state index in [-0.39, 0.29) is 23.9 Å². The minimum Gasteiger partial charge on any atom is -0.406 e. The molecule has 0 radical (unpaired) electrons. The van der Waals surface area contributed by atoms with Crippen LogP contribution in [0.4, 0.5) is 13.2 Å². The molecule has 0 bridgehead atoms. The number of nitrogens with zero attached hydrogens (tertiary/aromatic N) is 2. The number of rotatable bonds is 14. The number of aromatic nitrogens is 1. The second kappa shape index (κ2) is 15.5.